The minimum Gasteiger partial charge on any atom is -0.467 e. The van der Waals surface area contributed by atoms with Gasteiger partial charge in [-0.1, -0.05) is 20.8 Å². The van der Waals surface area contributed by atoms with Crippen molar-refractivity contribution in [3.05, 3.63) is 24.3 Å². The Hall–Kier alpha value is -2.28. The van der Waals surface area contributed by atoms with Crippen LogP contribution in [0.1, 0.15) is 27.2 Å². The molecule has 1 fully saturated rings. The van der Waals surface area contributed by atoms with Gasteiger partial charge in [0.05, 0.1) is 7.11 Å². The molecule has 1 atom stereocenters. The average molecular weight is 377 g/mol. The standard InChI is InChI=1S/C20H32N4O3/c1-5-23-10-12-24(13-11-23)17-8-6-16(7-9-17)21-20(26)22-18(14-15(2)3)19(25)27-4/h6-9,15,18H,5,10-14H2,1-4H3,(H2,21,22,26). The Morgan fingerprint density at radius 1 is 1.11 bits per heavy atom. The molecule has 27 heavy (non-hydrogen) atoms. The highest BCUT2D eigenvalue weighted by Gasteiger charge is 2.22. The van der Waals surface area contributed by atoms with Gasteiger partial charge in [-0.2, -0.15) is 0 Å². The van der Waals surface area contributed by atoms with Crippen LogP contribution in [0.5, 0.6) is 0 Å². The molecule has 1 aliphatic heterocycles. The van der Waals surface area contributed by atoms with Gasteiger partial charge in [-0.25, -0.2) is 9.59 Å². The molecule has 0 aliphatic carbocycles. The van der Waals surface area contributed by atoms with E-state index >= 15 is 0 Å². The number of methoxy groups -OCH3 is 1. The highest BCUT2D eigenvalue weighted by molar-refractivity contribution is 5.92. The zero-order chi connectivity index (χ0) is 19.8. The molecule has 150 valence electrons. The monoisotopic (exact) mass is 376 g/mol. The predicted octanol–water partition coefficient (Wildman–Crippen LogP) is 2.54. The molecule has 1 aliphatic rings. The zero-order valence-corrected chi connectivity index (χ0v) is 16.8. The summed E-state index contributed by atoms with van der Waals surface area (Å²) in [5.74, 6) is -0.165. The van der Waals surface area contributed by atoms with Crippen LogP contribution < -0.4 is 15.5 Å². The van der Waals surface area contributed by atoms with Crippen LogP contribution in [0.4, 0.5) is 16.2 Å². The first-order valence-electron chi connectivity index (χ1n) is 9.65. The molecule has 2 N–H and O–H groups in total. The first-order valence-corrected chi connectivity index (χ1v) is 9.65. The van der Waals surface area contributed by atoms with Gasteiger partial charge >= 0.3 is 12.0 Å². The van der Waals surface area contributed by atoms with Crippen molar-refractivity contribution in [2.75, 3.05) is 50.1 Å². The SMILES string of the molecule is CCN1CCN(c2ccc(NC(=O)NC(CC(C)C)C(=O)OC)cc2)CC1. The summed E-state index contributed by atoms with van der Waals surface area (Å²) < 4.78 is 4.77. The Morgan fingerprint density at radius 2 is 1.74 bits per heavy atom. The summed E-state index contributed by atoms with van der Waals surface area (Å²) in [6.45, 7) is 11.4. The maximum Gasteiger partial charge on any atom is 0.328 e. The quantitative estimate of drug-likeness (QED) is 0.716. The summed E-state index contributed by atoms with van der Waals surface area (Å²) in [5.41, 5.74) is 1.85. The predicted molar refractivity (Wildman–Crippen MR) is 108 cm³/mol. The van der Waals surface area contributed by atoms with Crippen molar-refractivity contribution in [2.45, 2.75) is 33.2 Å². The van der Waals surface area contributed by atoms with Gasteiger partial charge in [-0.15, -0.1) is 0 Å². The third kappa shape index (κ3) is 6.43. The maximum atomic E-state index is 12.2. The zero-order valence-electron chi connectivity index (χ0n) is 16.8. The van der Waals surface area contributed by atoms with E-state index in [-0.39, 0.29) is 5.92 Å². The number of carbonyl (C=O) groups excluding carboxylic acids is 2. The van der Waals surface area contributed by atoms with Crippen molar-refractivity contribution in [1.29, 1.82) is 0 Å². The normalized spacial score (nSPS) is 16.1. The molecule has 0 aromatic heterocycles. The average Bonchev–Trinajstić information content (AvgIpc) is 2.67. The van der Waals surface area contributed by atoms with E-state index in [4.69, 9.17) is 4.74 Å². The number of hydrogen-bond donors (Lipinski definition) is 2. The summed E-state index contributed by atoms with van der Waals surface area (Å²) >= 11 is 0. The van der Waals surface area contributed by atoms with Gasteiger partial charge in [0.25, 0.3) is 0 Å². The maximum absolute atomic E-state index is 12.2. The van der Waals surface area contributed by atoms with Crippen molar-refractivity contribution in [3.63, 3.8) is 0 Å². The number of esters is 1. The topological polar surface area (TPSA) is 73.9 Å². The summed E-state index contributed by atoms with van der Waals surface area (Å²) in [6.07, 6.45) is 0.531. The number of anilines is 2. The van der Waals surface area contributed by atoms with Gasteiger partial charge < -0.3 is 25.2 Å². The summed E-state index contributed by atoms with van der Waals surface area (Å²) in [4.78, 5) is 28.9. The molecule has 1 aromatic carbocycles. The molecule has 1 heterocycles. The van der Waals surface area contributed by atoms with Gasteiger partial charge in [0.15, 0.2) is 0 Å². The Balaban J connectivity index is 1.89. The number of ether oxygens (including phenoxy) is 1. The fourth-order valence-corrected chi connectivity index (χ4v) is 3.23. The molecule has 7 nitrogen and oxygen atoms in total. The third-order valence-corrected chi connectivity index (χ3v) is 4.81. The second-order valence-corrected chi connectivity index (χ2v) is 7.27. The number of amides is 2. The van der Waals surface area contributed by atoms with Crippen molar-refractivity contribution in [3.8, 4) is 0 Å². The van der Waals surface area contributed by atoms with Gasteiger partial charge in [0.1, 0.15) is 6.04 Å². The molecular weight excluding hydrogens is 344 g/mol. The van der Waals surface area contributed by atoms with E-state index in [1.165, 1.54) is 7.11 Å². The van der Waals surface area contributed by atoms with Crippen LogP contribution in [0, 0.1) is 5.92 Å². The molecule has 0 saturated carbocycles. The van der Waals surface area contributed by atoms with Crippen LogP contribution in [-0.4, -0.2) is 62.8 Å². The van der Waals surface area contributed by atoms with Gasteiger partial charge in [0.2, 0.25) is 0 Å². The van der Waals surface area contributed by atoms with Crippen molar-refractivity contribution in [2.24, 2.45) is 5.92 Å². The Bertz CT molecular complexity index is 610. The second-order valence-electron chi connectivity index (χ2n) is 7.27. The number of urea groups is 1. The number of likely N-dealkylation sites (N-methyl/N-ethyl adjacent to an activating group) is 1. The van der Waals surface area contributed by atoms with Gasteiger partial charge in [-0.3, -0.25) is 0 Å². The Labute approximate surface area is 162 Å². The van der Waals surface area contributed by atoms with E-state index in [0.29, 0.717) is 12.1 Å². The van der Waals surface area contributed by atoms with Crippen molar-refractivity contribution >= 4 is 23.4 Å². The van der Waals surface area contributed by atoms with Crippen molar-refractivity contribution < 1.29 is 14.3 Å². The molecule has 0 radical (unpaired) electrons. The van der Waals surface area contributed by atoms with Crippen LogP contribution in [0.15, 0.2) is 24.3 Å². The fourth-order valence-electron chi connectivity index (χ4n) is 3.23. The van der Waals surface area contributed by atoms with Gasteiger partial charge in [0, 0.05) is 37.6 Å². The number of nitrogens with zero attached hydrogens (tertiary/aromatic N) is 2. The molecule has 1 aromatic rings. The first kappa shape index (κ1) is 21.0. The lowest BCUT2D eigenvalue weighted by Gasteiger charge is -2.35. The van der Waals surface area contributed by atoms with E-state index in [9.17, 15) is 9.59 Å². The number of carbonyl (C=O) groups is 2. The summed E-state index contributed by atoms with van der Waals surface area (Å²) in [6, 6.07) is 6.75. The number of piperazine rings is 1. The number of nitrogens with one attached hydrogen (secondary N) is 2. The van der Waals surface area contributed by atoms with E-state index in [1.54, 1.807) is 0 Å². The molecular formula is C20H32N4O3. The lowest BCUT2D eigenvalue weighted by molar-refractivity contribution is -0.143. The lowest BCUT2D eigenvalue weighted by atomic mass is 10.0. The lowest BCUT2D eigenvalue weighted by Crippen LogP contribution is -2.46. The molecule has 7 heteroatoms. The number of rotatable bonds is 7. The fraction of sp³-hybridized carbons (Fsp3) is 0.600. The van der Waals surface area contributed by atoms with Crippen LogP contribution in [0.2, 0.25) is 0 Å². The van der Waals surface area contributed by atoms with Crippen LogP contribution in [0.3, 0.4) is 0 Å². The van der Waals surface area contributed by atoms with E-state index in [1.807, 2.05) is 38.1 Å². The molecule has 1 unspecified atom stereocenters. The van der Waals surface area contributed by atoms with Crippen LogP contribution in [-0.2, 0) is 9.53 Å². The largest absolute Gasteiger partial charge is 0.467 e. The van der Waals surface area contributed by atoms with Crippen molar-refractivity contribution in [1.82, 2.24) is 10.2 Å². The Kier molecular flexibility index (Phi) is 7.91. The summed E-state index contributed by atoms with van der Waals surface area (Å²) in [5, 5.41) is 5.48. The van der Waals surface area contributed by atoms with E-state index < -0.39 is 18.0 Å². The number of hydrogen-bond acceptors (Lipinski definition) is 5. The molecule has 1 saturated heterocycles. The van der Waals surface area contributed by atoms with E-state index in [0.717, 1.165) is 38.4 Å². The molecule has 0 spiro atoms. The second kappa shape index (κ2) is 10.2. The highest BCUT2D eigenvalue weighted by atomic mass is 16.5. The van der Waals surface area contributed by atoms with Crippen LogP contribution >= 0.6 is 0 Å². The highest BCUT2D eigenvalue weighted by Crippen LogP contribution is 2.19. The van der Waals surface area contributed by atoms with Crippen LogP contribution in [0.25, 0.3) is 0 Å². The third-order valence-electron chi connectivity index (χ3n) is 4.81. The molecule has 2 rings (SSSR count). The minimum absolute atomic E-state index is 0.266. The number of benzene rings is 1. The molecule has 0 bridgehead atoms. The molecule has 2 amide bonds. The van der Waals surface area contributed by atoms with Gasteiger partial charge in [-0.05, 0) is 43.1 Å². The summed E-state index contributed by atoms with van der Waals surface area (Å²) in [7, 11) is 1.33. The first-order chi connectivity index (χ1) is 12.9. The van der Waals surface area contributed by atoms with E-state index in [2.05, 4.69) is 27.4 Å². The smallest absolute Gasteiger partial charge is 0.328 e. The Morgan fingerprint density at radius 3 is 2.26 bits per heavy atom. The minimum atomic E-state index is -0.649.